The average Bonchev–Trinajstić information content (AvgIpc) is 3.18. The molecule has 32 heavy (non-hydrogen) atoms. The Balaban J connectivity index is 0. The molecule has 0 saturated carbocycles. The van der Waals surface area contributed by atoms with Gasteiger partial charge in [-0.3, -0.25) is 0 Å². The smallest absolute Gasteiger partial charge is 0.356 e. The molecular weight excluding hydrogens is 472 g/mol. The van der Waals surface area contributed by atoms with Gasteiger partial charge >= 0.3 is 17.1 Å². The fourth-order valence-corrected chi connectivity index (χ4v) is 2.75. The third-order valence-corrected chi connectivity index (χ3v) is 4.29. The first-order chi connectivity index (χ1) is 14.2. The minimum absolute atomic E-state index is 0. The zero-order chi connectivity index (χ0) is 24.5. The van der Waals surface area contributed by atoms with Crippen LogP contribution in [0.5, 0.6) is 0 Å². The minimum Gasteiger partial charge on any atom is -0.356 e. The molecule has 0 aromatic carbocycles. The Morgan fingerprint density at radius 3 is 1.12 bits per heavy atom. The van der Waals surface area contributed by atoms with Crippen LogP contribution in [0.3, 0.4) is 0 Å². The molecule has 0 N–H and O–H groups in total. The van der Waals surface area contributed by atoms with Gasteiger partial charge in [0.25, 0.3) is 0 Å². The Labute approximate surface area is 198 Å². The average molecular weight is 504 g/mol. The van der Waals surface area contributed by atoms with E-state index in [1.165, 1.54) is 11.4 Å². The number of aromatic nitrogens is 4. The molecule has 2 rings (SSSR count). The quantitative estimate of drug-likeness (QED) is 0.313. The van der Waals surface area contributed by atoms with Gasteiger partial charge in [0.1, 0.15) is 6.67 Å². The molecule has 2 aromatic rings. The monoisotopic (exact) mass is 503 g/mol. The van der Waals surface area contributed by atoms with E-state index >= 15 is 0 Å². The normalized spacial score (nSPS) is 10.4. The van der Waals surface area contributed by atoms with E-state index in [9.17, 15) is 0 Å². The summed E-state index contributed by atoms with van der Waals surface area (Å²) >= 11 is 0. The van der Waals surface area contributed by atoms with E-state index in [1.54, 1.807) is 0 Å². The molecule has 0 aliphatic carbocycles. The van der Waals surface area contributed by atoms with Crippen molar-refractivity contribution in [3.63, 3.8) is 0 Å². The maximum Gasteiger partial charge on any atom is 2.00 e. The zero-order valence-corrected chi connectivity index (χ0v) is 20.5. The SMILES string of the molecule is CC(C)c1cc(C(C)C)n(Cn2nc(C(C)C)cc2C(C)C)n1.O=[N+]([O-])[O-].O=[N+]([O-])[O-].[Cu+2]. The summed E-state index contributed by atoms with van der Waals surface area (Å²) in [6.07, 6.45) is 0. The van der Waals surface area contributed by atoms with Crippen molar-refractivity contribution in [2.75, 3.05) is 0 Å². The minimum atomic E-state index is -1.75. The first kappa shape index (κ1) is 31.5. The first-order valence-electron chi connectivity index (χ1n) is 9.95. The van der Waals surface area contributed by atoms with Gasteiger partial charge in [0.15, 0.2) is 0 Å². The van der Waals surface area contributed by atoms with Crippen molar-refractivity contribution in [2.24, 2.45) is 0 Å². The second-order valence-electron chi connectivity index (χ2n) is 8.19. The van der Waals surface area contributed by atoms with Crippen molar-refractivity contribution in [3.05, 3.63) is 65.6 Å². The summed E-state index contributed by atoms with van der Waals surface area (Å²) < 4.78 is 4.26. The Morgan fingerprint density at radius 1 is 0.688 bits per heavy atom. The van der Waals surface area contributed by atoms with Gasteiger partial charge in [-0.25, -0.2) is 9.36 Å². The third kappa shape index (κ3) is 11.1. The van der Waals surface area contributed by atoms with Gasteiger partial charge in [-0.2, -0.15) is 10.2 Å². The molecule has 12 nitrogen and oxygen atoms in total. The molecule has 13 heteroatoms. The van der Waals surface area contributed by atoms with Crippen molar-refractivity contribution >= 4 is 0 Å². The van der Waals surface area contributed by atoms with Crippen LogP contribution in [0.1, 0.15) is 102 Å². The molecule has 0 saturated heterocycles. The predicted octanol–water partition coefficient (Wildman–Crippen LogP) is 4.60. The van der Waals surface area contributed by atoms with E-state index in [1.807, 2.05) is 0 Å². The fraction of sp³-hybridized carbons (Fsp3) is 0.684. The van der Waals surface area contributed by atoms with Crippen LogP contribution in [0.2, 0.25) is 0 Å². The summed E-state index contributed by atoms with van der Waals surface area (Å²) in [5, 5.41) is 39.2. The maximum atomic E-state index is 8.25. The van der Waals surface area contributed by atoms with Gasteiger partial charge in [-0.15, -0.1) is 0 Å². The Kier molecular flexibility index (Phi) is 14.2. The molecule has 0 unspecified atom stereocenters. The van der Waals surface area contributed by atoms with E-state index < -0.39 is 10.2 Å². The van der Waals surface area contributed by atoms with Crippen LogP contribution in [0.15, 0.2) is 12.1 Å². The fourth-order valence-electron chi connectivity index (χ4n) is 2.75. The Morgan fingerprint density at radius 2 is 0.938 bits per heavy atom. The Hall–Kier alpha value is -2.66. The molecule has 1 radical (unpaired) electrons. The van der Waals surface area contributed by atoms with Crippen LogP contribution in [-0.4, -0.2) is 29.7 Å². The maximum absolute atomic E-state index is 8.25. The van der Waals surface area contributed by atoms with Crippen LogP contribution in [0.4, 0.5) is 0 Å². The second-order valence-corrected chi connectivity index (χ2v) is 8.19. The van der Waals surface area contributed by atoms with E-state index in [0.717, 1.165) is 11.4 Å². The van der Waals surface area contributed by atoms with Crippen LogP contribution >= 0.6 is 0 Å². The molecule has 0 spiro atoms. The van der Waals surface area contributed by atoms with Gasteiger partial charge < -0.3 is 30.6 Å². The number of rotatable bonds is 6. The van der Waals surface area contributed by atoms with Gasteiger partial charge in [-0.05, 0) is 35.8 Å². The first-order valence-corrected chi connectivity index (χ1v) is 9.95. The van der Waals surface area contributed by atoms with Gasteiger partial charge in [0.2, 0.25) is 0 Å². The van der Waals surface area contributed by atoms with Crippen LogP contribution in [0, 0.1) is 30.6 Å². The molecule has 0 atom stereocenters. The standard InChI is InChI=1S/C19H32N4.Cu.2NO3/c1-12(2)16-9-18(14(5)6)22(20-16)11-23-19(15(7)8)10-17(21-23)13(3)4;;2*2-1(3)4/h9-10,12-15H,11H2,1-8H3;;;/q;+2;2*-1. The molecule has 0 fully saturated rings. The summed E-state index contributed by atoms with van der Waals surface area (Å²) in [4.78, 5) is 16.5. The van der Waals surface area contributed by atoms with E-state index in [2.05, 4.69) is 76.9 Å². The topological polar surface area (TPSA) is 168 Å². The summed E-state index contributed by atoms with van der Waals surface area (Å²) in [6, 6.07) is 4.49. The molecule has 2 heterocycles. The summed E-state index contributed by atoms with van der Waals surface area (Å²) in [5.41, 5.74) is 4.89. The van der Waals surface area contributed by atoms with Crippen molar-refractivity contribution in [3.8, 4) is 0 Å². The molecule has 0 aliphatic heterocycles. The van der Waals surface area contributed by atoms with Crippen molar-refractivity contribution in [2.45, 2.75) is 85.7 Å². The van der Waals surface area contributed by atoms with Gasteiger partial charge in [0, 0.05) is 11.4 Å². The van der Waals surface area contributed by atoms with Crippen LogP contribution in [-0.2, 0) is 23.7 Å². The van der Waals surface area contributed by atoms with E-state index in [4.69, 9.17) is 40.8 Å². The van der Waals surface area contributed by atoms with Crippen LogP contribution in [0.25, 0.3) is 0 Å². The molecule has 2 aromatic heterocycles. The molecule has 0 bridgehead atoms. The van der Waals surface area contributed by atoms with Crippen molar-refractivity contribution < 1.29 is 27.2 Å². The van der Waals surface area contributed by atoms with E-state index in [-0.39, 0.29) is 17.1 Å². The van der Waals surface area contributed by atoms with Crippen LogP contribution < -0.4 is 0 Å². The summed E-state index contributed by atoms with van der Waals surface area (Å²) in [7, 11) is 0. The van der Waals surface area contributed by atoms with Gasteiger partial charge in [-0.1, -0.05) is 55.4 Å². The second kappa shape index (κ2) is 14.4. The molecule has 0 aliphatic rings. The number of hydrogen-bond acceptors (Lipinski definition) is 8. The summed E-state index contributed by atoms with van der Waals surface area (Å²) in [6.45, 7) is 18.4. The van der Waals surface area contributed by atoms with E-state index in [0.29, 0.717) is 30.3 Å². The van der Waals surface area contributed by atoms with Crippen molar-refractivity contribution in [1.82, 2.24) is 19.6 Å². The molecule has 185 valence electrons. The number of nitrogens with zero attached hydrogens (tertiary/aromatic N) is 6. The Bertz CT molecular complexity index is 771. The largest absolute Gasteiger partial charge is 2.00 e. The van der Waals surface area contributed by atoms with Gasteiger partial charge in [0.05, 0.1) is 21.6 Å². The zero-order valence-electron chi connectivity index (χ0n) is 19.6. The number of hydrogen-bond donors (Lipinski definition) is 0. The molecule has 0 amide bonds. The molecular formula is C19H32CuN6O6. The summed E-state index contributed by atoms with van der Waals surface area (Å²) in [5.74, 6) is 1.81. The third-order valence-electron chi connectivity index (χ3n) is 4.29. The van der Waals surface area contributed by atoms with Crippen molar-refractivity contribution in [1.29, 1.82) is 0 Å². The predicted molar refractivity (Wildman–Crippen MR) is 117 cm³/mol.